The van der Waals surface area contributed by atoms with Crippen molar-refractivity contribution in [3.05, 3.63) is 64.6 Å². The highest BCUT2D eigenvalue weighted by atomic mass is 79.9. The molecule has 2 aromatic carbocycles. The number of benzene rings is 2. The fourth-order valence-electron chi connectivity index (χ4n) is 2.55. The lowest BCUT2D eigenvalue weighted by molar-refractivity contribution is -0.126. The molecule has 0 radical (unpaired) electrons. The van der Waals surface area contributed by atoms with Gasteiger partial charge in [-0.1, -0.05) is 46.3 Å². The van der Waals surface area contributed by atoms with Crippen LogP contribution in [0.25, 0.3) is 0 Å². The van der Waals surface area contributed by atoms with Gasteiger partial charge in [-0.2, -0.15) is 5.10 Å². The lowest BCUT2D eigenvalue weighted by Crippen LogP contribution is -2.30. The lowest BCUT2D eigenvalue weighted by Gasteiger charge is -2.16. The monoisotopic (exact) mass is 385 g/mol. The van der Waals surface area contributed by atoms with Gasteiger partial charge in [0.1, 0.15) is 0 Å². The number of nitrogens with one attached hydrogen (secondary N) is 1. The molecule has 1 aliphatic rings. The third kappa shape index (κ3) is 3.89. The Balaban J connectivity index is 1.59. The first-order valence-corrected chi connectivity index (χ1v) is 8.36. The predicted octanol–water partition coefficient (Wildman–Crippen LogP) is 2.95. The standard InChI is InChI=1S/C18H16BrN3O2/c19-15-6-8-16(9-7-15)22-12-14(10-17(22)23)18(24)21-20-11-13-4-2-1-3-5-13/h1-9,11,14H,10,12H2,(H,21,24)/b20-11-/t14-/m0/s1. The minimum Gasteiger partial charge on any atom is -0.312 e. The number of hydrogen-bond acceptors (Lipinski definition) is 3. The first-order chi connectivity index (χ1) is 11.6. The van der Waals surface area contributed by atoms with Gasteiger partial charge in [0.2, 0.25) is 11.8 Å². The molecule has 3 rings (SSSR count). The molecular weight excluding hydrogens is 370 g/mol. The summed E-state index contributed by atoms with van der Waals surface area (Å²) in [6, 6.07) is 17.0. The normalized spacial score (nSPS) is 17.5. The van der Waals surface area contributed by atoms with Crippen LogP contribution in [0, 0.1) is 5.92 Å². The number of nitrogens with zero attached hydrogens (tertiary/aromatic N) is 2. The molecule has 5 nitrogen and oxygen atoms in total. The van der Waals surface area contributed by atoms with Gasteiger partial charge in [0.25, 0.3) is 0 Å². The molecule has 0 aliphatic carbocycles. The van der Waals surface area contributed by atoms with Crippen molar-refractivity contribution >= 4 is 39.6 Å². The van der Waals surface area contributed by atoms with Crippen molar-refractivity contribution in [1.29, 1.82) is 0 Å². The van der Waals surface area contributed by atoms with Crippen molar-refractivity contribution in [3.8, 4) is 0 Å². The van der Waals surface area contributed by atoms with Crippen LogP contribution in [0.2, 0.25) is 0 Å². The Bertz CT molecular complexity index is 760. The van der Waals surface area contributed by atoms with Crippen molar-refractivity contribution in [2.75, 3.05) is 11.4 Å². The highest BCUT2D eigenvalue weighted by Gasteiger charge is 2.35. The highest BCUT2D eigenvalue weighted by Crippen LogP contribution is 2.26. The molecule has 0 spiro atoms. The molecule has 1 atom stereocenters. The van der Waals surface area contributed by atoms with E-state index < -0.39 is 5.92 Å². The minimum absolute atomic E-state index is 0.0514. The quantitative estimate of drug-likeness (QED) is 0.649. The van der Waals surface area contributed by atoms with Crippen molar-refractivity contribution in [3.63, 3.8) is 0 Å². The molecule has 122 valence electrons. The van der Waals surface area contributed by atoms with Crippen LogP contribution in [0.5, 0.6) is 0 Å². The van der Waals surface area contributed by atoms with E-state index in [-0.39, 0.29) is 18.2 Å². The summed E-state index contributed by atoms with van der Waals surface area (Å²) in [7, 11) is 0. The van der Waals surface area contributed by atoms with Crippen LogP contribution >= 0.6 is 15.9 Å². The zero-order valence-electron chi connectivity index (χ0n) is 12.9. The van der Waals surface area contributed by atoms with Crippen LogP contribution < -0.4 is 10.3 Å². The van der Waals surface area contributed by atoms with E-state index in [9.17, 15) is 9.59 Å². The molecule has 0 unspecified atom stereocenters. The number of halogens is 1. The van der Waals surface area contributed by atoms with Gasteiger partial charge in [-0.3, -0.25) is 9.59 Å². The number of carbonyl (C=O) groups is 2. The summed E-state index contributed by atoms with van der Waals surface area (Å²) >= 11 is 3.37. The summed E-state index contributed by atoms with van der Waals surface area (Å²) in [4.78, 5) is 26.0. The zero-order valence-corrected chi connectivity index (χ0v) is 14.4. The minimum atomic E-state index is -0.394. The molecule has 2 aromatic rings. The van der Waals surface area contributed by atoms with E-state index in [2.05, 4.69) is 26.5 Å². The third-order valence-corrected chi connectivity index (χ3v) is 4.35. The van der Waals surface area contributed by atoms with Crippen molar-refractivity contribution in [2.45, 2.75) is 6.42 Å². The van der Waals surface area contributed by atoms with Crippen LogP contribution in [0.1, 0.15) is 12.0 Å². The van der Waals surface area contributed by atoms with Gasteiger partial charge in [-0.15, -0.1) is 0 Å². The van der Waals surface area contributed by atoms with E-state index >= 15 is 0 Å². The summed E-state index contributed by atoms with van der Waals surface area (Å²) in [6.45, 7) is 0.368. The SMILES string of the molecule is O=C(N/N=C\c1ccccc1)[C@H]1CC(=O)N(c2ccc(Br)cc2)C1. The van der Waals surface area contributed by atoms with E-state index in [0.29, 0.717) is 6.54 Å². The smallest absolute Gasteiger partial charge is 0.245 e. The Morgan fingerprint density at radius 2 is 1.88 bits per heavy atom. The summed E-state index contributed by atoms with van der Waals surface area (Å²) in [5, 5.41) is 3.96. The van der Waals surface area contributed by atoms with E-state index in [4.69, 9.17) is 0 Å². The number of anilines is 1. The second-order valence-corrected chi connectivity index (χ2v) is 6.44. The molecule has 1 saturated heterocycles. The maximum Gasteiger partial charge on any atom is 0.245 e. The van der Waals surface area contributed by atoms with Gasteiger partial charge in [0.05, 0.1) is 12.1 Å². The van der Waals surface area contributed by atoms with Crippen LogP contribution in [-0.2, 0) is 9.59 Å². The molecule has 1 heterocycles. The van der Waals surface area contributed by atoms with Crippen LogP contribution in [0.3, 0.4) is 0 Å². The summed E-state index contributed by atoms with van der Waals surface area (Å²) in [6.07, 6.45) is 1.78. The Hall–Kier alpha value is -2.47. The number of hydrogen-bond donors (Lipinski definition) is 1. The van der Waals surface area contributed by atoms with E-state index in [1.807, 2.05) is 54.6 Å². The van der Waals surface area contributed by atoms with Crippen LogP contribution in [0.4, 0.5) is 5.69 Å². The highest BCUT2D eigenvalue weighted by molar-refractivity contribution is 9.10. The summed E-state index contributed by atoms with van der Waals surface area (Å²) in [5.74, 6) is -0.686. The average Bonchev–Trinajstić information content (AvgIpc) is 2.98. The molecule has 0 saturated carbocycles. The van der Waals surface area contributed by atoms with Gasteiger partial charge < -0.3 is 4.90 Å². The molecule has 0 aromatic heterocycles. The van der Waals surface area contributed by atoms with Crippen molar-refractivity contribution < 1.29 is 9.59 Å². The van der Waals surface area contributed by atoms with E-state index in [1.54, 1.807) is 11.1 Å². The van der Waals surface area contributed by atoms with Gasteiger partial charge in [-0.25, -0.2) is 5.43 Å². The number of rotatable bonds is 4. The Morgan fingerprint density at radius 3 is 2.58 bits per heavy atom. The maximum absolute atomic E-state index is 12.2. The maximum atomic E-state index is 12.2. The number of hydrazone groups is 1. The van der Waals surface area contributed by atoms with Gasteiger partial charge in [0, 0.05) is 23.1 Å². The zero-order chi connectivity index (χ0) is 16.9. The first-order valence-electron chi connectivity index (χ1n) is 7.57. The Morgan fingerprint density at radius 1 is 1.17 bits per heavy atom. The van der Waals surface area contributed by atoms with Crippen LogP contribution in [-0.4, -0.2) is 24.6 Å². The Labute approximate surface area is 148 Å². The van der Waals surface area contributed by atoms with E-state index in [0.717, 1.165) is 15.7 Å². The number of amides is 2. The molecule has 1 fully saturated rings. The molecule has 1 aliphatic heterocycles. The average molecular weight is 386 g/mol. The van der Waals surface area contributed by atoms with Crippen molar-refractivity contribution in [2.24, 2.45) is 11.0 Å². The number of carbonyl (C=O) groups excluding carboxylic acids is 2. The predicted molar refractivity (Wildman–Crippen MR) is 96.8 cm³/mol. The van der Waals surface area contributed by atoms with Gasteiger partial charge >= 0.3 is 0 Å². The van der Waals surface area contributed by atoms with Gasteiger partial charge in [-0.05, 0) is 29.8 Å². The summed E-state index contributed by atoms with van der Waals surface area (Å²) in [5.41, 5.74) is 4.22. The molecule has 6 heteroatoms. The molecule has 2 amide bonds. The first kappa shape index (κ1) is 16.4. The lowest BCUT2D eigenvalue weighted by atomic mass is 10.1. The topological polar surface area (TPSA) is 61.8 Å². The second kappa shape index (κ2) is 7.40. The third-order valence-electron chi connectivity index (χ3n) is 3.82. The largest absolute Gasteiger partial charge is 0.312 e. The fraction of sp³-hybridized carbons (Fsp3) is 0.167. The van der Waals surface area contributed by atoms with E-state index in [1.165, 1.54) is 0 Å². The Kier molecular flexibility index (Phi) is 5.05. The molecule has 0 bridgehead atoms. The molecular formula is C18H16BrN3O2. The van der Waals surface area contributed by atoms with Crippen molar-refractivity contribution in [1.82, 2.24) is 5.43 Å². The molecule has 1 N–H and O–H groups in total. The van der Waals surface area contributed by atoms with Crippen LogP contribution in [0.15, 0.2) is 64.2 Å². The van der Waals surface area contributed by atoms with Gasteiger partial charge in [0.15, 0.2) is 0 Å². The fourth-order valence-corrected chi connectivity index (χ4v) is 2.82. The summed E-state index contributed by atoms with van der Waals surface area (Å²) < 4.78 is 0.947. The molecule has 24 heavy (non-hydrogen) atoms. The second-order valence-electron chi connectivity index (χ2n) is 5.53.